The largest absolute Gasteiger partial charge is 0.480 e. The summed E-state index contributed by atoms with van der Waals surface area (Å²) < 4.78 is 0. The van der Waals surface area contributed by atoms with Gasteiger partial charge >= 0.3 is 5.97 Å². The molecule has 1 unspecified atom stereocenters. The first kappa shape index (κ1) is 12.9. The molecule has 0 amide bonds. The number of carbonyl (C=O) groups is 1. The minimum absolute atomic E-state index is 0.490. The Morgan fingerprint density at radius 3 is 2.50 bits per heavy atom. The van der Waals surface area contributed by atoms with Gasteiger partial charge in [0.2, 0.25) is 0 Å². The molecule has 1 aromatic heterocycles. The van der Waals surface area contributed by atoms with Gasteiger partial charge in [-0.2, -0.15) is 0 Å². The van der Waals surface area contributed by atoms with Crippen molar-refractivity contribution in [1.29, 1.82) is 0 Å². The van der Waals surface area contributed by atoms with Gasteiger partial charge in [-0.1, -0.05) is 54.6 Å². The van der Waals surface area contributed by atoms with E-state index < -0.39 is 11.4 Å². The van der Waals surface area contributed by atoms with Gasteiger partial charge in [0.25, 0.3) is 0 Å². The lowest BCUT2D eigenvalue weighted by atomic mass is 9.78. The minimum Gasteiger partial charge on any atom is -0.480 e. The van der Waals surface area contributed by atoms with E-state index in [2.05, 4.69) is 0 Å². The van der Waals surface area contributed by atoms with E-state index in [1.165, 1.54) is 11.3 Å². The van der Waals surface area contributed by atoms with E-state index in [1.54, 1.807) is 0 Å². The van der Waals surface area contributed by atoms with Crippen LogP contribution in [0.25, 0.3) is 5.57 Å². The van der Waals surface area contributed by atoms with E-state index in [1.807, 2.05) is 66.1 Å². The van der Waals surface area contributed by atoms with Gasteiger partial charge in [-0.15, -0.1) is 11.3 Å². The molecule has 0 bridgehead atoms. The monoisotopic (exact) mass is 282 g/mol. The number of benzene rings is 1. The van der Waals surface area contributed by atoms with Gasteiger partial charge in [-0.05, 0) is 29.0 Å². The molecule has 0 aliphatic heterocycles. The van der Waals surface area contributed by atoms with Gasteiger partial charge in [0, 0.05) is 4.88 Å². The van der Waals surface area contributed by atoms with Gasteiger partial charge in [-0.3, -0.25) is 4.79 Å². The van der Waals surface area contributed by atoms with Crippen LogP contribution in [0.15, 0.2) is 66.1 Å². The first-order chi connectivity index (χ1) is 9.72. The Balaban J connectivity index is 1.96. The number of thiophene rings is 1. The minimum atomic E-state index is -0.910. The molecule has 0 radical (unpaired) electrons. The molecule has 3 rings (SSSR count). The van der Waals surface area contributed by atoms with Crippen LogP contribution < -0.4 is 0 Å². The Hall–Kier alpha value is -2.13. The zero-order valence-corrected chi connectivity index (χ0v) is 11.6. The van der Waals surface area contributed by atoms with Gasteiger partial charge in [0.15, 0.2) is 0 Å². The van der Waals surface area contributed by atoms with Crippen molar-refractivity contribution in [3.05, 3.63) is 76.5 Å². The third-order valence-electron chi connectivity index (χ3n) is 3.64. The maximum absolute atomic E-state index is 11.7. The van der Waals surface area contributed by atoms with Crippen molar-refractivity contribution in [2.45, 2.75) is 11.8 Å². The Morgan fingerprint density at radius 2 is 1.95 bits per heavy atom. The summed E-state index contributed by atoms with van der Waals surface area (Å²) in [4.78, 5) is 12.6. The van der Waals surface area contributed by atoms with E-state index in [0.717, 1.165) is 16.0 Å². The molecule has 0 fully saturated rings. The zero-order chi connectivity index (χ0) is 14.0. The summed E-state index contributed by atoms with van der Waals surface area (Å²) in [6.45, 7) is 0. The Labute approximate surface area is 121 Å². The third kappa shape index (κ3) is 2.10. The molecule has 1 N–H and O–H groups in total. The molecular weight excluding hydrogens is 268 g/mol. The van der Waals surface area contributed by atoms with E-state index in [9.17, 15) is 9.90 Å². The number of hydrogen-bond acceptors (Lipinski definition) is 2. The van der Waals surface area contributed by atoms with Crippen LogP contribution in [0.2, 0.25) is 0 Å². The lowest BCUT2D eigenvalue weighted by Gasteiger charge is -2.27. The molecule has 100 valence electrons. The molecule has 0 saturated carbocycles. The average Bonchev–Trinajstić information content (AvgIpc) is 3.03. The number of rotatable bonds is 3. The van der Waals surface area contributed by atoms with Crippen LogP contribution in [0.4, 0.5) is 0 Å². The molecule has 1 aliphatic rings. The van der Waals surface area contributed by atoms with E-state index in [-0.39, 0.29) is 0 Å². The van der Waals surface area contributed by atoms with E-state index in [0.29, 0.717) is 6.42 Å². The fourth-order valence-corrected chi connectivity index (χ4v) is 3.37. The average molecular weight is 282 g/mol. The summed E-state index contributed by atoms with van der Waals surface area (Å²) in [5, 5.41) is 11.6. The van der Waals surface area contributed by atoms with Crippen molar-refractivity contribution < 1.29 is 9.90 Å². The van der Waals surface area contributed by atoms with Crippen molar-refractivity contribution >= 4 is 22.9 Å². The van der Waals surface area contributed by atoms with Gasteiger partial charge < -0.3 is 5.11 Å². The summed E-state index contributed by atoms with van der Waals surface area (Å²) >= 11 is 1.49. The quantitative estimate of drug-likeness (QED) is 0.919. The molecule has 20 heavy (non-hydrogen) atoms. The fourth-order valence-electron chi connectivity index (χ4n) is 2.46. The van der Waals surface area contributed by atoms with Crippen LogP contribution in [0.5, 0.6) is 0 Å². The summed E-state index contributed by atoms with van der Waals surface area (Å²) in [5.74, 6) is -0.792. The summed E-state index contributed by atoms with van der Waals surface area (Å²) in [5.41, 5.74) is 1.29. The number of allylic oxidation sites excluding steroid dienone is 3. The normalized spacial score (nSPS) is 21.5. The van der Waals surface area contributed by atoms with Crippen molar-refractivity contribution in [3.63, 3.8) is 0 Å². The Bertz CT molecular complexity index is 668. The molecule has 2 aromatic rings. The number of hydrogen-bond donors (Lipinski definition) is 1. The highest BCUT2D eigenvalue weighted by molar-refractivity contribution is 7.10. The molecule has 3 heteroatoms. The van der Waals surface area contributed by atoms with Crippen LogP contribution in [0.1, 0.15) is 16.9 Å². The van der Waals surface area contributed by atoms with Crippen molar-refractivity contribution in [2.24, 2.45) is 0 Å². The van der Waals surface area contributed by atoms with E-state index in [4.69, 9.17) is 0 Å². The maximum Gasteiger partial charge on any atom is 0.319 e. The second kappa shape index (κ2) is 5.10. The smallest absolute Gasteiger partial charge is 0.319 e. The molecule has 0 saturated heterocycles. The molecule has 1 atom stereocenters. The standard InChI is InChI=1S/C17H14O2S/c18-16(19)17(15-7-4-12-20-15)10-8-14(9-11-17)13-5-2-1-3-6-13/h1-10,12H,11H2,(H,18,19). The van der Waals surface area contributed by atoms with E-state index >= 15 is 0 Å². The topological polar surface area (TPSA) is 37.3 Å². The van der Waals surface area contributed by atoms with Crippen LogP contribution in [-0.4, -0.2) is 11.1 Å². The molecule has 0 spiro atoms. The second-order valence-corrected chi connectivity index (χ2v) is 5.76. The van der Waals surface area contributed by atoms with Gasteiger partial charge in [-0.25, -0.2) is 0 Å². The Kier molecular flexibility index (Phi) is 3.28. The van der Waals surface area contributed by atoms with Crippen LogP contribution in [0.3, 0.4) is 0 Å². The Morgan fingerprint density at radius 1 is 1.15 bits per heavy atom. The molecular formula is C17H14O2S. The highest BCUT2D eigenvalue weighted by Gasteiger charge is 2.39. The van der Waals surface area contributed by atoms with Crippen LogP contribution >= 0.6 is 11.3 Å². The summed E-state index contributed by atoms with van der Waals surface area (Å²) in [7, 11) is 0. The second-order valence-electron chi connectivity index (χ2n) is 4.82. The fraction of sp³-hybridized carbons (Fsp3) is 0.118. The summed E-state index contributed by atoms with van der Waals surface area (Å²) in [6.07, 6.45) is 6.25. The number of carboxylic acid groups (broad SMARTS) is 1. The van der Waals surface area contributed by atoms with Crippen molar-refractivity contribution in [2.75, 3.05) is 0 Å². The van der Waals surface area contributed by atoms with Crippen molar-refractivity contribution in [3.8, 4) is 0 Å². The lowest BCUT2D eigenvalue weighted by Crippen LogP contribution is -2.33. The number of carboxylic acids is 1. The SMILES string of the molecule is O=C(O)C1(c2cccs2)C=CC(c2ccccc2)=CC1. The van der Waals surface area contributed by atoms with Crippen molar-refractivity contribution in [1.82, 2.24) is 0 Å². The third-order valence-corrected chi connectivity index (χ3v) is 4.69. The lowest BCUT2D eigenvalue weighted by molar-refractivity contribution is -0.141. The predicted molar refractivity (Wildman–Crippen MR) is 81.8 cm³/mol. The van der Waals surface area contributed by atoms with Crippen LogP contribution in [-0.2, 0) is 10.2 Å². The number of aliphatic carboxylic acids is 1. The first-order valence-corrected chi connectivity index (χ1v) is 7.32. The summed E-state index contributed by atoms with van der Waals surface area (Å²) in [6, 6.07) is 13.8. The first-order valence-electron chi connectivity index (χ1n) is 6.44. The molecule has 1 aliphatic carbocycles. The highest BCUT2D eigenvalue weighted by atomic mass is 32.1. The zero-order valence-electron chi connectivity index (χ0n) is 10.8. The molecule has 1 heterocycles. The van der Waals surface area contributed by atoms with Gasteiger partial charge in [0.1, 0.15) is 5.41 Å². The predicted octanol–water partition coefficient (Wildman–Crippen LogP) is 4.11. The molecule has 1 aromatic carbocycles. The van der Waals surface area contributed by atoms with Crippen LogP contribution in [0, 0.1) is 0 Å². The van der Waals surface area contributed by atoms with Gasteiger partial charge in [0.05, 0.1) is 0 Å². The maximum atomic E-state index is 11.7. The highest BCUT2D eigenvalue weighted by Crippen LogP contribution is 2.38. The molecule has 2 nitrogen and oxygen atoms in total.